The molecule has 3 atom stereocenters. The standard InChI is InChI=1S/C29H30F6N8O2/c1-14-7-16(36)38-21(18(14)29(33,34)35)22-19(30)20-17-23(43-6-4-37-8-15(43)9-44-24(17)39-22)41-25(40-20)45-13-27-3-2-5-42(27)12-26(10-27)11-28(26,31)32/h7,15,37H,2-6,8-13H2,1H3,(H2,36,38)/t15-,26?,27-/m0/s1. The molecule has 240 valence electrons. The van der Waals surface area contributed by atoms with E-state index in [-0.39, 0.29) is 78.6 Å². The van der Waals surface area contributed by atoms with E-state index in [9.17, 15) is 22.0 Å². The first-order valence-electron chi connectivity index (χ1n) is 14.9. The van der Waals surface area contributed by atoms with E-state index in [2.05, 4.69) is 30.2 Å². The lowest BCUT2D eigenvalue weighted by atomic mass is 9.89. The van der Waals surface area contributed by atoms with E-state index in [1.807, 2.05) is 4.90 Å². The summed E-state index contributed by atoms with van der Waals surface area (Å²) in [6.45, 7) is 3.86. The Morgan fingerprint density at radius 2 is 1.93 bits per heavy atom. The van der Waals surface area contributed by atoms with E-state index < -0.39 is 45.8 Å². The average molecular weight is 637 g/mol. The first-order valence-corrected chi connectivity index (χ1v) is 14.9. The predicted octanol–water partition coefficient (Wildman–Crippen LogP) is 3.95. The van der Waals surface area contributed by atoms with Crippen LogP contribution in [0.4, 0.5) is 38.0 Å². The Kier molecular flexibility index (Phi) is 6.04. The second-order valence-corrected chi connectivity index (χ2v) is 13.0. The van der Waals surface area contributed by atoms with Gasteiger partial charge in [-0.1, -0.05) is 0 Å². The topological polar surface area (TPSA) is 115 Å². The van der Waals surface area contributed by atoms with E-state index in [1.54, 1.807) is 0 Å². The van der Waals surface area contributed by atoms with E-state index in [0.29, 0.717) is 32.6 Å². The molecular formula is C29H30F6N8O2. The van der Waals surface area contributed by atoms with Crippen molar-refractivity contribution in [3.63, 3.8) is 0 Å². The number of pyridine rings is 2. The van der Waals surface area contributed by atoms with Crippen LogP contribution < -0.4 is 25.4 Å². The van der Waals surface area contributed by atoms with Gasteiger partial charge in [-0.2, -0.15) is 23.1 Å². The van der Waals surface area contributed by atoms with Crippen LogP contribution in [0, 0.1) is 18.2 Å². The van der Waals surface area contributed by atoms with E-state index in [1.165, 1.54) is 6.92 Å². The molecule has 16 heteroatoms. The van der Waals surface area contributed by atoms with Gasteiger partial charge in [0.15, 0.2) is 5.82 Å². The number of alkyl halides is 5. The highest BCUT2D eigenvalue weighted by atomic mass is 19.4. The smallest absolute Gasteiger partial charge is 0.418 e. The maximum absolute atomic E-state index is 16.6. The number of hydrogen-bond donors (Lipinski definition) is 2. The molecule has 0 aromatic carbocycles. The molecule has 0 radical (unpaired) electrons. The molecular weight excluding hydrogens is 606 g/mol. The fraction of sp³-hybridized carbons (Fsp3) is 0.586. The second-order valence-electron chi connectivity index (χ2n) is 13.0. The van der Waals surface area contributed by atoms with Gasteiger partial charge in [-0.3, -0.25) is 4.90 Å². The Morgan fingerprint density at radius 1 is 1.13 bits per heavy atom. The number of ether oxygens (including phenoxy) is 2. The normalized spacial score (nSPS) is 28.6. The Hall–Kier alpha value is -3.66. The van der Waals surface area contributed by atoms with Crippen molar-refractivity contribution in [2.45, 2.75) is 56.3 Å². The van der Waals surface area contributed by atoms with Gasteiger partial charge in [0, 0.05) is 32.6 Å². The molecule has 1 spiro atoms. The molecule has 1 saturated carbocycles. The second kappa shape index (κ2) is 9.44. The fourth-order valence-electron chi connectivity index (χ4n) is 7.88. The van der Waals surface area contributed by atoms with Crippen LogP contribution in [0.1, 0.15) is 36.8 Å². The molecule has 3 saturated heterocycles. The van der Waals surface area contributed by atoms with Gasteiger partial charge in [0.05, 0.1) is 22.6 Å². The summed E-state index contributed by atoms with van der Waals surface area (Å²) in [5, 5.41) is 3.37. The van der Waals surface area contributed by atoms with Crippen molar-refractivity contribution >= 4 is 22.5 Å². The van der Waals surface area contributed by atoms with Crippen LogP contribution in [-0.2, 0) is 6.18 Å². The van der Waals surface area contributed by atoms with Crippen molar-refractivity contribution in [3.8, 4) is 23.3 Å². The molecule has 0 bridgehead atoms. The summed E-state index contributed by atoms with van der Waals surface area (Å²) >= 11 is 0. The number of nitrogens with two attached hydrogens (primary N) is 1. The van der Waals surface area contributed by atoms with Crippen molar-refractivity contribution in [3.05, 3.63) is 23.0 Å². The van der Waals surface area contributed by atoms with Crippen molar-refractivity contribution in [1.29, 1.82) is 0 Å². The average Bonchev–Trinajstić information content (AvgIpc) is 3.17. The highest BCUT2D eigenvalue weighted by molar-refractivity contribution is 5.97. The summed E-state index contributed by atoms with van der Waals surface area (Å²) in [4.78, 5) is 21.1. The minimum atomic E-state index is -4.89. The maximum atomic E-state index is 16.6. The minimum Gasteiger partial charge on any atom is -0.475 e. The third kappa shape index (κ3) is 4.31. The van der Waals surface area contributed by atoms with E-state index >= 15 is 4.39 Å². The SMILES string of the molecule is Cc1cc(N)nc(-c2nc3c4c(nc(OC[C@@]56CCCN5CC5(CC5(F)F)C6)nc4c2F)N2CCNC[C@H]2CO3)c1C(F)(F)F. The summed E-state index contributed by atoms with van der Waals surface area (Å²) < 4.78 is 100. The van der Waals surface area contributed by atoms with Gasteiger partial charge in [0.2, 0.25) is 5.88 Å². The molecule has 3 aromatic rings. The fourth-order valence-corrected chi connectivity index (χ4v) is 7.88. The van der Waals surface area contributed by atoms with Gasteiger partial charge in [-0.15, -0.1) is 0 Å². The monoisotopic (exact) mass is 636 g/mol. The van der Waals surface area contributed by atoms with Crippen LogP contribution in [0.5, 0.6) is 11.9 Å². The van der Waals surface area contributed by atoms with Crippen LogP contribution >= 0.6 is 0 Å². The number of rotatable bonds is 4. The zero-order valence-corrected chi connectivity index (χ0v) is 24.3. The number of nitrogens with zero attached hydrogens (tertiary/aromatic N) is 6. The summed E-state index contributed by atoms with van der Waals surface area (Å²) in [6, 6.07) is 0.598. The van der Waals surface area contributed by atoms with Gasteiger partial charge in [0.25, 0.3) is 5.92 Å². The van der Waals surface area contributed by atoms with Gasteiger partial charge in [-0.05, 0) is 44.4 Å². The number of anilines is 2. The van der Waals surface area contributed by atoms with E-state index in [0.717, 1.165) is 12.5 Å². The van der Waals surface area contributed by atoms with Crippen molar-refractivity contribution < 1.29 is 35.8 Å². The summed E-state index contributed by atoms with van der Waals surface area (Å²) in [7, 11) is 0. The summed E-state index contributed by atoms with van der Waals surface area (Å²) in [5.74, 6) is -3.98. The van der Waals surface area contributed by atoms with Gasteiger partial charge < -0.3 is 25.4 Å². The first-order chi connectivity index (χ1) is 21.3. The quantitative estimate of drug-likeness (QED) is 0.408. The van der Waals surface area contributed by atoms with Crippen LogP contribution in [0.25, 0.3) is 22.3 Å². The lowest BCUT2D eigenvalue weighted by Gasteiger charge is -2.35. The lowest BCUT2D eigenvalue weighted by molar-refractivity contribution is -0.137. The van der Waals surface area contributed by atoms with Crippen LogP contribution in [-0.4, -0.2) is 88.3 Å². The van der Waals surface area contributed by atoms with Gasteiger partial charge >= 0.3 is 12.2 Å². The van der Waals surface area contributed by atoms with Crippen molar-refractivity contribution in [2.24, 2.45) is 5.41 Å². The number of piperazine rings is 1. The van der Waals surface area contributed by atoms with Gasteiger partial charge in [-0.25, -0.2) is 23.1 Å². The zero-order valence-electron chi connectivity index (χ0n) is 24.3. The molecule has 45 heavy (non-hydrogen) atoms. The Labute approximate surface area is 253 Å². The third-order valence-electron chi connectivity index (χ3n) is 10.1. The number of nitrogen functional groups attached to an aromatic ring is 1. The van der Waals surface area contributed by atoms with E-state index in [4.69, 9.17) is 15.2 Å². The van der Waals surface area contributed by atoms with Crippen molar-refractivity contribution in [1.82, 2.24) is 30.2 Å². The molecule has 7 heterocycles. The summed E-state index contributed by atoms with van der Waals surface area (Å²) in [6.07, 6.45) is -3.28. The lowest BCUT2D eigenvalue weighted by Crippen LogP contribution is -2.53. The van der Waals surface area contributed by atoms with Gasteiger partial charge in [0.1, 0.15) is 47.1 Å². The molecule has 0 amide bonds. The number of aryl methyl sites for hydroxylation is 1. The molecule has 4 aliphatic heterocycles. The maximum Gasteiger partial charge on any atom is 0.418 e. The molecule has 4 fully saturated rings. The number of aromatic nitrogens is 4. The number of nitrogens with one attached hydrogen (secondary N) is 1. The Morgan fingerprint density at radius 3 is 2.69 bits per heavy atom. The highest BCUT2D eigenvalue weighted by Crippen LogP contribution is 2.69. The molecule has 5 aliphatic rings. The molecule has 10 nitrogen and oxygen atoms in total. The summed E-state index contributed by atoms with van der Waals surface area (Å²) in [5.41, 5.74) is 0.851. The molecule has 3 aromatic heterocycles. The van der Waals surface area contributed by atoms with Crippen molar-refractivity contribution in [2.75, 3.05) is 56.6 Å². The molecule has 1 aliphatic carbocycles. The van der Waals surface area contributed by atoms with Crippen LogP contribution in [0.2, 0.25) is 0 Å². The third-order valence-corrected chi connectivity index (χ3v) is 10.1. The predicted molar refractivity (Wildman–Crippen MR) is 150 cm³/mol. The Bertz CT molecular complexity index is 1740. The Balaban J connectivity index is 1.26. The largest absolute Gasteiger partial charge is 0.475 e. The number of fused-ring (bicyclic) bond motifs is 3. The number of hydrogen-bond acceptors (Lipinski definition) is 10. The minimum absolute atomic E-state index is 0.0118. The zero-order chi connectivity index (χ0) is 31.5. The highest BCUT2D eigenvalue weighted by Gasteiger charge is 2.77. The first kappa shape index (κ1) is 28.8. The van der Waals surface area contributed by atoms with Crippen LogP contribution in [0.3, 0.4) is 0 Å². The molecule has 3 N–H and O–H groups in total. The molecule has 1 unspecified atom stereocenters. The van der Waals surface area contributed by atoms with Crippen LogP contribution in [0.15, 0.2) is 6.07 Å². The number of halogens is 6. The molecule has 8 rings (SSSR count).